The van der Waals surface area contributed by atoms with E-state index in [1.54, 1.807) is 19.1 Å². The second-order valence-electron chi connectivity index (χ2n) is 5.15. The molecule has 1 atom stereocenters. The molecule has 23 heavy (non-hydrogen) atoms. The van der Waals surface area contributed by atoms with Gasteiger partial charge in [-0.2, -0.15) is 0 Å². The number of carbonyl (C=O) groups excluding carboxylic acids is 1. The van der Waals surface area contributed by atoms with Crippen LogP contribution in [-0.4, -0.2) is 17.6 Å². The third kappa shape index (κ3) is 5.00. The lowest BCUT2D eigenvalue weighted by Gasteiger charge is -2.11. The van der Waals surface area contributed by atoms with Crippen molar-refractivity contribution in [3.63, 3.8) is 0 Å². The molecule has 0 saturated heterocycles. The molecule has 0 saturated carbocycles. The zero-order valence-corrected chi connectivity index (χ0v) is 12.6. The summed E-state index contributed by atoms with van der Waals surface area (Å²) in [4.78, 5) is 11.9. The summed E-state index contributed by atoms with van der Waals surface area (Å²) < 4.78 is 25.7. The molecular formula is C18H17F2NO2. The predicted octanol–water partition coefficient (Wildman–Crippen LogP) is 3.22. The number of hydrogen-bond acceptors (Lipinski definition) is 2. The Morgan fingerprint density at radius 1 is 1.09 bits per heavy atom. The van der Waals surface area contributed by atoms with Crippen LogP contribution in [0.15, 0.2) is 54.6 Å². The van der Waals surface area contributed by atoms with Crippen LogP contribution < -0.4 is 5.32 Å². The standard InChI is InChI=1S/C18H17F2NO2/c1-12(13-2-6-15(19)7-3-13)10-18(23)21-11-17(22)14-4-8-16(20)9-5-14/h2-10,17,22H,11H2,1H3,(H,21,23). The summed E-state index contributed by atoms with van der Waals surface area (Å²) in [6.07, 6.45) is 0.462. The molecule has 0 aromatic heterocycles. The maximum Gasteiger partial charge on any atom is 0.244 e. The number of nitrogens with one attached hydrogen (secondary N) is 1. The van der Waals surface area contributed by atoms with Gasteiger partial charge >= 0.3 is 0 Å². The first-order valence-electron chi connectivity index (χ1n) is 7.11. The molecular weight excluding hydrogens is 300 g/mol. The van der Waals surface area contributed by atoms with Crippen molar-refractivity contribution in [1.82, 2.24) is 5.32 Å². The average molecular weight is 317 g/mol. The third-order valence-corrected chi connectivity index (χ3v) is 3.37. The van der Waals surface area contributed by atoms with Crippen molar-refractivity contribution in [3.8, 4) is 0 Å². The Balaban J connectivity index is 1.92. The minimum atomic E-state index is -0.918. The highest BCUT2D eigenvalue weighted by Crippen LogP contribution is 2.15. The van der Waals surface area contributed by atoms with Gasteiger partial charge in [-0.25, -0.2) is 8.78 Å². The summed E-state index contributed by atoms with van der Waals surface area (Å²) in [6.45, 7) is 1.75. The Kier molecular flexibility index (Phi) is 5.60. The van der Waals surface area contributed by atoms with E-state index in [0.717, 1.165) is 5.56 Å². The van der Waals surface area contributed by atoms with E-state index in [4.69, 9.17) is 0 Å². The van der Waals surface area contributed by atoms with Crippen LogP contribution in [0.4, 0.5) is 8.78 Å². The molecule has 0 heterocycles. The topological polar surface area (TPSA) is 49.3 Å². The Labute approximate surface area is 133 Å². The second kappa shape index (κ2) is 7.65. The first-order valence-corrected chi connectivity index (χ1v) is 7.11. The number of aliphatic hydroxyl groups excluding tert-OH is 1. The molecule has 2 aromatic carbocycles. The number of hydrogen-bond donors (Lipinski definition) is 2. The lowest BCUT2D eigenvalue weighted by Crippen LogP contribution is -2.26. The van der Waals surface area contributed by atoms with E-state index in [2.05, 4.69) is 5.32 Å². The average Bonchev–Trinajstić information content (AvgIpc) is 2.54. The van der Waals surface area contributed by atoms with E-state index < -0.39 is 6.10 Å². The molecule has 3 nitrogen and oxygen atoms in total. The number of rotatable bonds is 5. The van der Waals surface area contributed by atoms with Crippen molar-refractivity contribution in [2.45, 2.75) is 13.0 Å². The van der Waals surface area contributed by atoms with Gasteiger partial charge in [0.1, 0.15) is 11.6 Å². The van der Waals surface area contributed by atoms with Gasteiger partial charge in [0, 0.05) is 12.6 Å². The van der Waals surface area contributed by atoms with Crippen molar-refractivity contribution >= 4 is 11.5 Å². The van der Waals surface area contributed by atoms with Crippen LogP contribution in [0.3, 0.4) is 0 Å². The lowest BCUT2D eigenvalue weighted by atomic mass is 10.1. The number of halogens is 2. The van der Waals surface area contributed by atoms with Gasteiger partial charge in [-0.3, -0.25) is 4.79 Å². The third-order valence-electron chi connectivity index (χ3n) is 3.37. The van der Waals surface area contributed by atoms with Gasteiger partial charge < -0.3 is 10.4 Å². The van der Waals surface area contributed by atoms with Gasteiger partial charge in [-0.1, -0.05) is 24.3 Å². The normalized spacial score (nSPS) is 12.8. The molecule has 1 amide bonds. The molecule has 120 valence electrons. The SMILES string of the molecule is CC(=CC(=O)NCC(O)c1ccc(F)cc1)c1ccc(F)cc1. The van der Waals surface area contributed by atoms with E-state index in [1.807, 2.05) is 0 Å². The van der Waals surface area contributed by atoms with Gasteiger partial charge in [0.05, 0.1) is 6.10 Å². The molecule has 2 N–H and O–H groups in total. The first kappa shape index (κ1) is 16.8. The van der Waals surface area contributed by atoms with E-state index in [9.17, 15) is 18.7 Å². The Morgan fingerprint density at radius 2 is 1.61 bits per heavy atom. The highest BCUT2D eigenvalue weighted by atomic mass is 19.1. The molecule has 0 aliphatic rings. The number of amides is 1. The van der Waals surface area contributed by atoms with Crippen molar-refractivity contribution in [1.29, 1.82) is 0 Å². The highest BCUT2D eigenvalue weighted by molar-refractivity contribution is 5.94. The minimum absolute atomic E-state index is 0.0116. The molecule has 0 spiro atoms. The number of aliphatic hydroxyl groups is 1. The van der Waals surface area contributed by atoms with Gasteiger partial charge in [0.25, 0.3) is 0 Å². The van der Waals surface area contributed by atoms with Crippen LogP contribution in [0.2, 0.25) is 0 Å². The monoisotopic (exact) mass is 317 g/mol. The summed E-state index contributed by atoms with van der Waals surface area (Å²) in [7, 11) is 0. The van der Waals surface area contributed by atoms with E-state index in [-0.39, 0.29) is 24.1 Å². The second-order valence-corrected chi connectivity index (χ2v) is 5.15. The number of benzene rings is 2. The van der Waals surface area contributed by atoms with E-state index >= 15 is 0 Å². The molecule has 5 heteroatoms. The molecule has 0 aliphatic heterocycles. The number of allylic oxidation sites excluding steroid dienone is 1. The highest BCUT2D eigenvalue weighted by Gasteiger charge is 2.09. The molecule has 2 aromatic rings. The van der Waals surface area contributed by atoms with Gasteiger partial charge in [-0.05, 0) is 47.9 Å². The van der Waals surface area contributed by atoms with Crippen LogP contribution in [0, 0.1) is 11.6 Å². The molecule has 1 unspecified atom stereocenters. The Morgan fingerprint density at radius 3 is 2.17 bits per heavy atom. The fourth-order valence-electron chi connectivity index (χ4n) is 2.04. The maximum absolute atomic E-state index is 12.9. The quantitative estimate of drug-likeness (QED) is 0.832. The van der Waals surface area contributed by atoms with Crippen LogP contribution in [0.1, 0.15) is 24.2 Å². The summed E-state index contributed by atoms with van der Waals surface area (Å²) in [5, 5.41) is 12.5. The largest absolute Gasteiger partial charge is 0.387 e. The molecule has 0 bridgehead atoms. The molecule has 2 rings (SSSR count). The van der Waals surface area contributed by atoms with Gasteiger partial charge in [0.15, 0.2) is 0 Å². The lowest BCUT2D eigenvalue weighted by molar-refractivity contribution is -0.116. The van der Waals surface area contributed by atoms with Crippen molar-refractivity contribution < 1.29 is 18.7 Å². The van der Waals surface area contributed by atoms with Crippen molar-refractivity contribution in [2.24, 2.45) is 0 Å². The van der Waals surface area contributed by atoms with Crippen LogP contribution in [-0.2, 0) is 4.79 Å². The van der Waals surface area contributed by atoms with E-state index in [0.29, 0.717) is 11.1 Å². The summed E-state index contributed by atoms with van der Waals surface area (Å²) in [5.41, 5.74) is 1.94. The van der Waals surface area contributed by atoms with Crippen LogP contribution in [0.25, 0.3) is 5.57 Å². The van der Waals surface area contributed by atoms with Gasteiger partial charge in [0.2, 0.25) is 5.91 Å². The van der Waals surface area contributed by atoms with E-state index in [1.165, 1.54) is 42.5 Å². The predicted molar refractivity (Wildman–Crippen MR) is 84.4 cm³/mol. The summed E-state index contributed by atoms with van der Waals surface area (Å²) in [5.74, 6) is -1.09. The zero-order valence-electron chi connectivity index (χ0n) is 12.6. The molecule has 0 radical (unpaired) electrons. The molecule has 0 fully saturated rings. The smallest absolute Gasteiger partial charge is 0.244 e. The maximum atomic E-state index is 12.9. The van der Waals surface area contributed by atoms with Gasteiger partial charge in [-0.15, -0.1) is 0 Å². The van der Waals surface area contributed by atoms with Crippen LogP contribution in [0.5, 0.6) is 0 Å². The van der Waals surface area contributed by atoms with Crippen molar-refractivity contribution in [2.75, 3.05) is 6.54 Å². The number of carbonyl (C=O) groups is 1. The first-order chi connectivity index (χ1) is 11.0. The summed E-state index contributed by atoms with van der Waals surface area (Å²) in [6, 6.07) is 11.2. The van der Waals surface area contributed by atoms with Crippen LogP contribution >= 0.6 is 0 Å². The Bertz CT molecular complexity index is 694. The van der Waals surface area contributed by atoms with Crippen molar-refractivity contribution in [3.05, 3.63) is 77.4 Å². The Hall–Kier alpha value is -2.53. The zero-order chi connectivity index (χ0) is 16.8. The fourth-order valence-corrected chi connectivity index (χ4v) is 2.04. The fraction of sp³-hybridized carbons (Fsp3) is 0.167. The molecule has 0 aliphatic carbocycles. The summed E-state index contributed by atoms with van der Waals surface area (Å²) >= 11 is 0. The minimum Gasteiger partial charge on any atom is -0.387 e.